The highest BCUT2D eigenvalue weighted by atomic mass is 35.5. The fourth-order valence-electron chi connectivity index (χ4n) is 3.62. The number of rotatable bonds is 2. The van der Waals surface area contributed by atoms with E-state index in [1.165, 1.54) is 24.4 Å². The van der Waals surface area contributed by atoms with Gasteiger partial charge < -0.3 is 0 Å². The van der Waals surface area contributed by atoms with Crippen molar-refractivity contribution in [3.63, 3.8) is 0 Å². The Labute approximate surface area is 153 Å². The minimum atomic E-state index is -1.28. The van der Waals surface area contributed by atoms with Crippen molar-refractivity contribution < 1.29 is 14.5 Å². The van der Waals surface area contributed by atoms with Crippen molar-refractivity contribution in [1.82, 2.24) is 0 Å². The fraction of sp³-hybridized carbons (Fsp3) is 0.105. The van der Waals surface area contributed by atoms with Crippen molar-refractivity contribution in [3.05, 3.63) is 86.6 Å². The summed E-state index contributed by atoms with van der Waals surface area (Å²) in [6.07, 6.45) is 11.4. The van der Waals surface area contributed by atoms with Crippen LogP contribution in [0.15, 0.2) is 70.9 Å². The lowest BCUT2D eigenvalue weighted by Gasteiger charge is -2.39. The summed E-state index contributed by atoms with van der Waals surface area (Å²) >= 11 is 5.86. The third-order valence-corrected chi connectivity index (χ3v) is 5.04. The van der Waals surface area contributed by atoms with Crippen molar-refractivity contribution in [2.75, 3.05) is 0 Å². The van der Waals surface area contributed by atoms with Crippen molar-refractivity contribution in [1.29, 1.82) is 0 Å². The number of aliphatic imine (C=N–C) groups is 1. The minimum Gasteiger partial charge on any atom is -0.297 e. The van der Waals surface area contributed by atoms with Crippen LogP contribution in [-0.4, -0.2) is 22.7 Å². The first-order valence-electron chi connectivity index (χ1n) is 7.79. The van der Waals surface area contributed by atoms with Crippen molar-refractivity contribution in [2.24, 2.45) is 10.4 Å². The van der Waals surface area contributed by atoms with Gasteiger partial charge in [0.05, 0.1) is 4.92 Å². The summed E-state index contributed by atoms with van der Waals surface area (Å²) in [5.41, 5.74) is -0.347. The summed E-state index contributed by atoms with van der Waals surface area (Å²) in [5, 5.41) is 11.6. The van der Waals surface area contributed by atoms with Crippen LogP contribution in [0.1, 0.15) is 11.5 Å². The Morgan fingerprint density at radius 2 is 2.00 bits per heavy atom. The Kier molecular flexibility index (Phi) is 3.59. The first kappa shape index (κ1) is 16.4. The first-order valence-corrected chi connectivity index (χ1v) is 8.17. The van der Waals surface area contributed by atoms with Crippen LogP contribution in [0, 0.1) is 15.5 Å². The van der Waals surface area contributed by atoms with Gasteiger partial charge in [0, 0.05) is 29.1 Å². The second-order valence-corrected chi connectivity index (χ2v) is 6.58. The molecule has 26 heavy (non-hydrogen) atoms. The van der Waals surface area contributed by atoms with E-state index in [1.807, 2.05) is 0 Å². The number of Topliss-reactive ketones (excluding diaryl/α,β-unsaturated/α-hetero) is 1. The van der Waals surface area contributed by atoms with Crippen LogP contribution in [0.2, 0.25) is 5.02 Å². The van der Waals surface area contributed by atoms with E-state index in [9.17, 15) is 19.7 Å². The van der Waals surface area contributed by atoms with Gasteiger partial charge in [0.1, 0.15) is 11.3 Å². The molecule has 128 valence electrons. The summed E-state index contributed by atoms with van der Waals surface area (Å²) in [6.45, 7) is 0. The van der Waals surface area contributed by atoms with Crippen molar-refractivity contribution in [2.45, 2.75) is 5.92 Å². The standard InChI is InChI=1S/C19H11ClN2O4/c20-13-4-5-14(15(8-13)22(25)26)17-16(23)7-12-10-21-9-11-3-1-2-6-19(11,12)18(17)24/h1-10,17H. The second-order valence-electron chi connectivity index (χ2n) is 6.15. The maximum absolute atomic E-state index is 13.5. The van der Waals surface area contributed by atoms with Gasteiger partial charge in [-0.05, 0) is 29.4 Å². The fourth-order valence-corrected chi connectivity index (χ4v) is 3.79. The van der Waals surface area contributed by atoms with Crippen molar-refractivity contribution in [3.8, 4) is 0 Å². The van der Waals surface area contributed by atoms with Crippen LogP contribution in [0.3, 0.4) is 0 Å². The molecule has 1 spiro atoms. The molecule has 2 atom stereocenters. The summed E-state index contributed by atoms with van der Waals surface area (Å²) in [5.74, 6) is -2.21. The molecule has 3 aliphatic rings. The van der Waals surface area contributed by atoms with Crippen LogP contribution in [0.4, 0.5) is 5.69 Å². The topological polar surface area (TPSA) is 89.6 Å². The smallest absolute Gasteiger partial charge is 0.275 e. The quantitative estimate of drug-likeness (QED) is 0.455. The van der Waals surface area contributed by atoms with E-state index in [4.69, 9.17) is 11.6 Å². The third kappa shape index (κ3) is 2.16. The molecule has 0 bridgehead atoms. The number of halogens is 1. The average Bonchev–Trinajstić information content (AvgIpc) is 2.62. The van der Waals surface area contributed by atoms with Gasteiger partial charge in [-0.2, -0.15) is 0 Å². The molecule has 1 heterocycles. The van der Waals surface area contributed by atoms with E-state index in [1.54, 1.807) is 30.5 Å². The highest BCUT2D eigenvalue weighted by Gasteiger charge is 2.52. The van der Waals surface area contributed by atoms with Gasteiger partial charge in [0.15, 0.2) is 11.6 Å². The number of benzene rings is 1. The first-order chi connectivity index (χ1) is 12.4. The molecule has 1 aliphatic heterocycles. The predicted octanol–water partition coefficient (Wildman–Crippen LogP) is 3.49. The van der Waals surface area contributed by atoms with E-state index < -0.39 is 27.8 Å². The van der Waals surface area contributed by atoms with E-state index >= 15 is 0 Å². The molecule has 0 fully saturated rings. The maximum Gasteiger partial charge on any atom is 0.275 e. The Morgan fingerprint density at radius 3 is 2.77 bits per heavy atom. The number of hydrogen-bond donors (Lipinski definition) is 0. The van der Waals surface area contributed by atoms with E-state index in [0.29, 0.717) is 11.1 Å². The number of hydrogen-bond acceptors (Lipinski definition) is 5. The zero-order chi connectivity index (χ0) is 18.5. The molecule has 2 aliphatic carbocycles. The van der Waals surface area contributed by atoms with Crippen molar-refractivity contribution >= 4 is 35.1 Å². The van der Waals surface area contributed by atoms with Gasteiger partial charge in [0.2, 0.25) is 0 Å². The molecule has 0 aromatic heterocycles. The Morgan fingerprint density at radius 1 is 1.19 bits per heavy atom. The zero-order valence-electron chi connectivity index (χ0n) is 13.3. The summed E-state index contributed by atoms with van der Waals surface area (Å²) in [4.78, 5) is 41.1. The number of nitro groups is 1. The Hall–Kier alpha value is -3.12. The van der Waals surface area contributed by atoms with Crippen LogP contribution in [-0.2, 0) is 9.59 Å². The van der Waals surface area contributed by atoms with Gasteiger partial charge in [-0.25, -0.2) is 0 Å². The van der Waals surface area contributed by atoms with Gasteiger partial charge in [-0.3, -0.25) is 24.7 Å². The second kappa shape index (κ2) is 5.71. The summed E-state index contributed by atoms with van der Waals surface area (Å²) in [7, 11) is 0. The monoisotopic (exact) mass is 366 g/mol. The van der Waals surface area contributed by atoms with Gasteiger partial charge >= 0.3 is 0 Å². The number of allylic oxidation sites excluding steroid dienone is 7. The molecule has 2 unspecified atom stereocenters. The number of nitro benzene ring substituents is 1. The van der Waals surface area contributed by atoms with Gasteiger partial charge in [0.25, 0.3) is 5.69 Å². The Balaban J connectivity index is 1.94. The molecule has 0 saturated carbocycles. The SMILES string of the molecule is O=C1C=C2C=NC=C3C=CC=CC32C(=O)C1c1ccc(Cl)cc1[N+](=O)[O-]. The molecule has 0 amide bonds. The van der Waals surface area contributed by atoms with Gasteiger partial charge in [-0.1, -0.05) is 35.9 Å². The average molecular weight is 367 g/mol. The molecule has 6 nitrogen and oxygen atoms in total. The van der Waals surface area contributed by atoms with Crippen LogP contribution in [0.5, 0.6) is 0 Å². The van der Waals surface area contributed by atoms with Gasteiger partial charge in [-0.15, -0.1) is 0 Å². The number of ketones is 2. The number of nitrogens with zero attached hydrogens (tertiary/aromatic N) is 2. The number of carbonyl (C=O) groups is 2. The molecule has 0 radical (unpaired) electrons. The van der Waals surface area contributed by atoms with Crippen LogP contribution >= 0.6 is 11.6 Å². The molecule has 7 heteroatoms. The lowest BCUT2D eigenvalue weighted by atomic mass is 9.60. The molecular weight excluding hydrogens is 356 g/mol. The minimum absolute atomic E-state index is 0.0453. The van der Waals surface area contributed by atoms with Crippen LogP contribution < -0.4 is 0 Å². The lowest BCUT2D eigenvalue weighted by molar-refractivity contribution is -0.385. The molecule has 1 aromatic carbocycles. The zero-order valence-corrected chi connectivity index (χ0v) is 14.0. The van der Waals surface area contributed by atoms with E-state index in [-0.39, 0.29) is 16.3 Å². The highest BCUT2D eigenvalue weighted by molar-refractivity contribution is 6.31. The van der Waals surface area contributed by atoms with E-state index in [0.717, 1.165) is 6.07 Å². The molecule has 0 N–H and O–H groups in total. The lowest BCUT2D eigenvalue weighted by Crippen LogP contribution is -2.45. The largest absolute Gasteiger partial charge is 0.297 e. The maximum atomic E-state index is 13.5. The number of carbonyl (C=O) groups excluding carboxylic acids is 2. The van der Waals surface area contributed by atoms with Crippen LogP contribution in [0.25, 0.3) is 0 Å². The normalized spacial score (nSPS) is 26.1. The summed E-state index contributed by atoms with van der Waals surface area (Å²) < 4.78 is 0. The molecular formula is C19H11ClN2O4. The third-order valence-electron chi connectivity index (χ3n) is 4.80. The predicted molar refractivity (Wildman–Crippen MR) is 96.2 cm³/mol. The highest BCUT2D eigenvalue weighted by Crippen LogP contribution is 2.49. The summed E-state index contributed by atoms with van der Waals surface area (Å²) in [6, 6.07) is 3.97. The molecule has 1 aromatic rings. The Bertz CT molecular complexity index is 1030. The molecule has 4 rings (SSSR count). The van der Waals surface area contributed by atoms with E-state index in [2.05, 4.69) is 4.99 Å². The molecule has 0 saturated heterocycles.